The molecule has 0 radical (unpaired) electrons. The molecular weight excluding hydrogens is 324 g/mol. The van der Waals surface area contributed by atoms with Crippen LogP contribution in [0.5, 0.6) is 0 Å². The van der Waals surface area contributed by atoms with Crippen molar-refractivity contribution in [1.82, 2.24) is 0 Å². The molecule has 0 N–H and O–H groups in total. The molecule has 0 heterocycles. The van der Waals surface area contributed by atoms with Crippen LogP contribution in [0, 0.1) is 0 Å². The van der Waals surface area contributed by atoms with Crippen LogP contribution in [-0.4, -0.2) is 0 Å². The second kappa shape index (κ2) is 60600. The second-order valence-electron chi connectivity index (χ2n) is 0. The summed E-state index contributed by atoms with van der Waals surface area (Å²) in [6.07, 6.45) is 0. The van der Waals surface area contributed by atoms with Gasteiger partial charge in [-0.15, -0.1) is 0 Å². The zero-order valence-electron chi connectivity index (χ0n) is 5.13. The molecule has 0 rings (SSSR count). The molecule has 0 atom stereocenters. The van der Waals surface area contributed by atoms with E-state index < -0.39 is 0 Å². The van der Waals surface area contributed by atoms with Crippen LogP contribution in [-0.2, 0) is 21.1 Å². The average molecular weight is 330 g/mol. The summed E-state index contributed by atoms with van der Waals surface area (Å²) < 4.78 is 0. The van der Waals surface area contributed by atoms with Crippen molar-refractivity contribution in [2.45, 2.75) is 0 Å². The van der Waals surface area contributed by atoms with Gasteiger partial charge >= 0.3 is 21.1 Å². The zero-order chi connectivity index (χ0) is 0. The first-order valence-corrected chi connectivity index (χ1v) is 0. The zero-order valence-corrected chi connectivity index (χ0v) is 7.13. The van der Waals surface area contributed by atoms with Crippen LogP contribution >= 0.6 is 0 Å². The van der Waals surface area contributed by atoms with Crippen molar-refractivity contribution in [3.8, 4) is 0 Å². The average Bonchev–Trinajstić information content (AvgIpc) is 0. The summed E-state index contributed by atoms with van der Waals surface area (Å²) in [5.41, 5.74) is 0. The smallest absolute Gasteiger partial charge is 1.00 e. The SMILES string of the molecule is F.F.F.F.F.F.[F-].[F-].[F-].[F-].[F-].[F-].[Mo+6]. The Bertz CT molecular complexity index is 5.09. The molecule has 0 unspecified atom stereocenters. The van der Waals surface area contributed by atoms with Gasteiger partial charge in [0.25, 0.3) is 0 Å². The minimum Gasteiger partial charge on any atom is -1.00 e. The summed E-state index contributed by atoms with van der Waals surface area (Å²) in [6, 6.07) is 0. The number of halogens is 12. The molecule has 0 nitrogen and oxygen atoms in total. The molecule has 0 aliphatic heterocycles. The topological polar surface area (TPSA) is 0 Å². The van der Waals surface area contributed by atoms with Crippen LogP contribution in [0.2, 0.25) is 0 Å². The fourth-order valence-electron chi connectivity index (χ4n) is 0. The minimum absolute atomic E-state index is 0. The third-order valence-electron chi connectivity index (χ3n) is 0. The largest absolute Gasteiger partial charge is 6.00 e. The molecule has 13 heteroatoms. The maximum atomic E-state index is 0. The van der Waals surface area contributed by atoms with E-state index in [1.165, 1.54) is 0 Å². The Hall–Kier alpha value is -0.152. The van der Waals surface area contributed by atoms with Gasteiger partial charge in [0, 0.05) is 0 Å². The quantitative estimate of drug-likeness (QED) is 0.306. The molecule has 0 amide bonds. The monoisotopic (exact) mass is 332 g/mol. The van der Waals surface area contributed by atoms with Crippen LogP contribution in [0.1, 0.15) is 0 Å². The molecule has 13 heavy (non-hydrogen) atoms. The van der Waals surface area contributed by atoms with E-state index in [0.29, 0.717) is 0 Å². The Morgan fingerprint density at radius 3 is 0.231 bits per heavy atom. The Morgan fingerprint density at radius 2 is 0.231 bits per heavy atom. The first-order valence-electron chi connectivity index (χ1n) is 0. The van der Waals surface area contributed by atoms with Gasteiger partial charge in [0.2, 0.25) is 0 Å². The van der Waals surface area contributed by atoms with Crippen LogP contribution in [0.15, 0.2) is 0 Å². The van der Waals surface area contributed by atoms with E-state index in [1.807, 2.05) is 0 Å². The van der Waals surface area contributed by atoms with Crippen molar-refractivity contribution in [2.24, 2.45) is 0 Å². The predicted molar refractivity (Wildman–Crippen MR) is 15.0 cm³/mol. The maximum absolute atomic E-state index is 0. The van der Waals surface area contributed by atoms with E-state index in [2.05, 4.69) is 0 Å². The van der Waals surface area contributed by atoms with E-state index in [4.69, 9.17) is 0 Å². The minimum atomic E-state index is 0. The van der Waals surface area contributed by atoms with Crippen molar-refractivity contribution < 1.29 is 77.5 Å². The third kappa shape index (κ3) is 49900. The van der Waals surface area contributed by atoms with E-state index >= 15 is 0 Å². The Labute approximate surface area is 78.5 Å². The van der Waals surface area contributed by atoms with E-state index in [9.17, 15) is 0 Å². The molecule has 0 aliphatic carbocycles. The summed E-state index contributed by atoms with van der Waals surface area (Å²) in [5, 5.41) is 0. The Morgan fingerprint density at radius 1 is 0.231 bits per heavy atom. The number of hydrogen-bond donors (Lipinski definition) is 0. The van der Waals surface area contributed by atoms with E-state index in [1.54, 1.807) is 0 Å². The van der Waals surface area contributed by atoms with Gasteiger partial charge in [0.1, 0.15) is 0 Å². The summed E-state index contributed by atoms with van der Waals surface area (Å²) >= 11 is 0. The summed E-state index contributed by atoms with van der Waals surface area (Å²) in [7, 11) is 0. The molecule has 0 aromatic carbocycles. The predicted octanol–water partition coefficient (Wildman–Crippen LogP) is -17.1. The van der Waals surface area contributed by atoms with Crippen LogP contribution in [0.4, 0.5) is 28.2 Å². The normalized spacial score (nSPS) is 0. The molecule has 0 saturated carbocycles. The fraction of sp³-hybridized carbons (Fsp3) is 0. The van der Waals surface area contributed by atoms with Crippen LogP contribution in [0.25, 0.3) is 0 Å². The van der Waals surface area contributed by atoms with Gasteiger partial charge in [0.05, 0.1) is 0 Å². The van der Waals surface area contributed by atoms with Crippen LogP contribution in [0.3, 0.4) is 0 Å². The Kier molecular flexibility index (Phi) is 365000000. The number of rotatable bonds is 0. The Balaban J connectivity index is 0. The first kappa shape index (κ1) is 78400. The van der Waals surface area contributed by atoms with Crippen molar-refractivity contribution in [1.29, 1.82) is 0 Å². The molecule has 0 aromatic heterocycles. The standard InChI is InChI=1S/12FH.Mo/h12*1H;/q;;;;;;;;;;;;+6/p-6. The van der Waals surface area contributed by atoms with Crippen molar-refractivity contribution >= 4 is 0 Å². The van der Waals surface area contributed by atoms with Crippen molar-refractivity contribution in [2.75, 3.05) is 0 Å². The third-order valence-corrected chi connectivity index (χ3v) is 0. The summed E-state index contributed by atoms with van der Waals surface area (Å²) in [4.78, 5) is 0. The van der Waals surface area contributed by atoms with Gasteiger partial charge in [0.15, 0.2) is 0 Å². The first-order chi connectivity index (χ1) is 0. The summed E-state index contributed by atoms with van der Waals surface area (Å²) in [6.45, 7) is 0. The van der Waals surface area contributed by atoms with Crippen molar-refractivity contribution in [3.63, 3.8) is 0 Å². The molecule has 0 aliphatic rings. The van der Waals surface area contributed by atoms with Crippen molar-refractivity contribution in [3.05, 3.63) is 0 Å². The molecular formula is H6F12Mo. The molecule has 0 fully saturated rings. The molecule has 0 saturated heterocycles. The van der Waals surface area contributed by atoms with Gasteiger partial charge in [-0.2, -0.15) is 0 Å². The van der Waals surface area contributed by atoms with Gasteiger partial charge in [-0.3, -0.25) is 28.2 Å². The van der Waals surface area contributed by atoms with Crippen LogP contribution < -0.4 is 28.2 Å². The molecule has 96 valence electrons. The molecule has 0 bridgehead atoms. The fourth-order valence-corrected chi connectivity index (χ4v) is 0. The second-order valence-corrected chi connectivity index (χ2v) is 0. The molecule has 0 spiro atoms. The summed E-state index contributed by atoms with van der Waals surface area (Å²) in [5.74, 6) is 0. The van der Waals surface area contributed by atoms with Gasteiger partial charge in [-0.1, -0.05) is 0 Å². The van der Waals surface area contributed by atoms with Gasteiger partial charge < -0.3 is 28.2 Å². The van der Waals surface area contributed by atoms with E-state index in [-0.39, 0.29) is 77.5 Å². The van der Waals surface area contributed by atoms with Gasteiger partial charge in [-0.25, -0.2) is 0 Å². The molecule has 0 aromatic rings. The van der Waals surface area contributed by atoms with Gasteiger partial charge in [-0.05, 0) is 0 Å². The van der Waals surface area contributed by atoms with E-state index in [0.717, 1.165) is 0 Å². The number of hydrogen-bond acceptors (Lipinski definition) is 0. The maximum Gasteiger partial charge on any atom is 6.00 e.